The van der Waals surface area contributed by atoms with Crippen LogP contribution in [0.2, 0.25) is 0 Å². The molecule has 1 aliphatic heterocycles. The lowest BCUT2D eigenvalue weighted by Gasteiger charge is -2.54. The van der Waals surface area contributed by atoms with Gasteiger partial charge in [-0.05, 0) is 38.2 Å². The fraction of sp³-hybridized carbons (Fsp3) is 0.533. The van der Waals surface area contributed by atoms with Crippen molar-refractivity contribution in [1.82, 2.24) is 19.5 Å². The first kappa shape index (κ1) is 12.8. The van der Waals surface area contributed by atoms with Crippen LogP contribution in [0.4, 0.5) is 0 Å². The van der Waals surface area contributed by atoms with Crippen LogP contribution in [0.15, 0.2) is 24.7 Å². The molecule has 21 heavy (non-hydrogen) atoms. The number of nitrogens with zero attached hydrogens (tertiary/aromatic N) is 4. The molecule has 6 nitrogen and oxygen atoms in total. The first-order valence-corrected chi connectivity index (χ1v) is 7.48. The first-order chi connectivity index (χ1) is 10.2. The second-order valence-electron chi connectivity index (χ2n) is 6.13. The zero-order valence-corrected chi connectivity index (χ0v) is 11.8. The molecule has 1 aliphatic carbocycles. The zero-order valence-electron chi connectivity index (χ0n) is 11.8. The average molecular weight is 286 g/mol. The van der Waals surface area contributed by atoms with Crippen LogP contribution in [0.25, 0.3) is 5.65 Å². The molecule has 2 aliphatic rings. The standard InChI is InChI=1S/C15H18N4O2/c20-11-3-8-18(15(9-11)4-1-5-15)14(21)12-10-17-19-7-2-6-16-13(12)19/h2,6-7,10-11,20H,1,3-5,8-9H2. The molecule has 1 spiro atoms. The van der Waals surface area contributed by atoms with Gasteiger partial charge in [0.2, 0.25) is 0 Å². The molecule has 2 fully saturated rings. The highest BCUT2D eigenvalue weighted by Crippen LogP contribution is 2.45. The summed E-state index contributed by atoms with van der Waals surface area (Å²) in [5.41, 5.74) is 1.01. The number of hydrogen-bond donors (Lipinski definition) is 1. The molecule has 6 heteroatoms. The lowest BCUT2D eigenvalue weighted by Crippen LogP contribution is -2.61. The average Bonchev–Trinajstić information content (AvgIpc) is 2.88. The molecule has 1 amide bonds. The minimum atomic E-state index is -0.281. The third-order valence-electron chi connectivity index (χ3n) is 4.91. The van der Waals surface area contributed by atoms with Gasteiger partial charge >= 0.3 is 0 Å². The van der Waals surface area contributed by atoms with Crippen molar-refractivity contribution in [1.29, 1.82) is 0 Å². The van der Waals surface area contributed by atoms with Gasteiger partial charge in [0.15, 0.2) is 5.65 Å². The maximum absolute atomic E-state index is 12.9. The van der Waals surface area contributed by atoms with E-state index in [1.165, 1.54) is 0 Å². The second-order valence-corrected chi connectivity index (χ2v) is 6.13. The highest BCUT2D eigenvalue weighted by Gasteiger charge is 2.48. The van der Waals surface area contributed by atoms with Gasteiger partial charge < -0.3 is 10.0 Å². The number of likely N-dealkylation sites (tertiary alicyclic amines) is 1. The third-order valence-corrected chi connectivity index (χ3v) is 4.91. The van der Waals surface area contributed by atoms with Crippen LogP contribution in [0, 0.1) is 0 Å². The van der Waals surface area contributed by atoms with Crippen molar-refractivity contribution in [2.24, 2.45) is 0 Å². The first-order valence-electron chi connectivity index (χ1n) is 7.48. The van der Waals surface area contributed by atoms with Gasteiger partial charge in [0, 0.05) is 24.5 Å². The van der Waals surface area contributed by atoms with Crippen LogP contribution in [-0.4, -0.2) is 48.7 Å². The highest BCUT2D eigenvalue weighted by molar-refractivity contribution is 6.00. The zero-order chi connectivity index (χ0) is 14.4. The molecular formula is C15H18N4O2. The number of fused-ring (bicyclic) bond motifs is 1. The van der Waals surface area contributed by atoms with E-state index in [-0.39, 0.29) is 17.6 Å². The molecule has 1 saturated heterocycles. The monoisotopic (exact) mass is 286 g/mol. The molecule has 0 aromatic carbocycles. The van der Waals surface area contributed by atoms with E-state index in [0.717, 1.165) is 19.3 Å². The summed E-state index contributed by atoms with van der Waals surface area (Å²) in [5.74, 6) is -0.00435. The SMILES string of the molecule is O=C(c1cnn2cccnc12)N1CCC(O)CC12CCC2. The van der Waals surface area contributed by atoms with E-state index in [1.807, 2.05) is 4.90 Å². The molecule has 4 rings (SSSR count). The van der Waals surface area contributed by atoms with Crippen LogP contribution < -0.4 is 0 Å². The number of aliphatic hydroxyl groups is 1. The van der Waals surface area contributed by atoms with Crippen LogP contribution in [0.1, 0.15) is 42.5 Å². The van der Waals surface area contributed by atoms with Gasteiger partial charge in [-0.3, -0.25) is 4.79 Å². The number of carbonyl (C=O) groups is 1. The quantitative estimate of drug-likeness (QED) is 0.856. The summed E-state index contributed by atoms with van der Waals surface area (Å²) in [6.45, 7) is 0.615. The molecule has 0 radical (unpaired) electrons. The summed E-state index contributed by atoms with van der Waals surface area (Å²) in [6, 6.07) is 1.79. The molecule has 2 aromatic rings. The number of rotatable bonds is 1. The summed E-state index contributed by atoms with van der Waals surface area (Å²) in [7, 11) is 0. The normalized spacial score (nSPS) is 24.2. The van der Waals surface area contributed by atoms with E-state index in [9.17, 15) is 9.90 Å². The number of piperidine rings is 1. The van der Waals surface area contributed by atoms with Crippen molar-refractivity contribution >= 4 is 11.6 Å². The fourth-order valence-corrected chi connectivity index (χ4v) is 3.67. The lowest BCUT2D eigenvalue weighted by molar-refractivity contribution is -0.0483. The Kier molecular flexibility index (Phi) is 2.75. The Morgan fingerprint density at radius 3 is 3.05 bits per heavy atom. The Labute approximate surface area is 122 Å². The van der Waals surface area contributed by atoms with Crippen molar-refractivity contribution in [3.05, 3.63) is 30.2 Å². The second kappa shape index (κ2) is 4.53. The molecule has 3 heterocycles. The van der Waals surface area contributed by atoms with Crippen molar-refractivity contribution in [3.63, 3.8) is 0 Å². The highest BCUT2D eigenvalue weighted by atomic mass is 16.3. The van der Waals surface area contributed by atoms with Gasteiger partial charge in [-0.2, -0.15) is 5.10 Å². The molecule has 1 N–H and O–H groups in total. The maximum Gasteiger partial charge on any atom is 0.259 e. The lowest BCUT2D eigenvalue weighted by atomic mass is 9.69. The number of aromatic nitrogens is 3. The van der Waals surface area contributed by atoms with Crippen molar-refractivity contribution in [2.75, 3.05) is 6.54 Å². The van der Waals surface area contributed by atoms with Crippen LogP contribution >= 0.6 is 0 Å². The minimum Gasteiger partial charge on any atom is -0.393 e. The van der Waals surface area contributed by atoms with Gasteiger partial charge in [-0.15, -0.1) is 0 Å². The Hall–Kier alpha value is -1.95. The van der Waals surface area contributed by atoms with Crippen molar-refractivity contribution < 1.29 is 9.90 Å². The van der Waals surface area contributed by atoms with E-state index in [2.05, 4.69) is 10.1 Å². The summed E-state index contributed by atoms with van der Waals surface area (Å²) >= 11 is 0. The fourth-order valence-electron chi connectivity index (χ4n) is 3.67. The van der Waals surface area contributed by atoms with Crippen LogP contribution in [0.5, 0.6) is 0 Å². The molecule has 1 atom stereocenters. The van der Waals surface area contributed by atoms with Gasteiger partial charge in [0.1, 0.15) is 5.56 Å². The predicted octanol–water partition coefficient (Wildman–Crippen LogP) is 1.25. The Morgan fingerprint density at radius 2 is 2.29 bits per heavy atom. The molecule has 1 saturated carbocycles. The van der Waals surface area contributed by atoms with E-state index in [0.29, 0.717) is 30.6 Å². The van der Waals surface area contributed by atoms with E-state index >= 15 is 0 Å². The van der Waals surface area contributed by atoms with E-state index in [1.54, 1.807) is 29.2 Å². The smallest absolute Gasteiger partial charge is 0.259 e. The Balaban J connectivity index is 1.70. The third kappa shape index (κ3) is 1.86. The van der Waals surface area contributed by atoms with Crippen molar-refractivity contribution in [2.45, 2.75) is 43.7 Å². The molecule has 1 unspecified atom stereocenters. The Morgan fingerprint density at radius 1 is 1.43 bits per heavy atom. The van der Waals surface area contributed by atoms with Crippen molar-refractivity contribution in [3.8, 4) is 0 Å². The van der Waals surface area contributed by atoms with Crippen LogP contribution in [-0.2, 0) is 0 Å². The summed E-state index contributed by atoms with van der Waals surface area (Å²) < 4.78 is 1.62. The number of hydrogen-bond acceptors (Lipinski definition) is 4. The number of amides is 1. The van der Waals surface area contributed by atoms with Gasteiger partial charge in [-0.25, -0.2) is 9.50 Å². The molecule has 0 bridgehead atoms. The van der Waals surface area contributed by atoms with Gasteiger partial charge in [-0.1, -0.05) is 0 Å². The molecule has 2 aromatic heterocycles. The largest absolute Gasteiger partial charge is 0.393 e. The number of carbonyl (C=O) groups excluding carboxylic acids is 1. The predicted molar refractivity (Wildman–Crippen MR) is 75.8 cm³/mol. The summed E-state index contributed by atoms with van der Waals surface area (Å²) in [5, 5.41) is 14.1. The van der Waals surface area contributed by atoms with E-state index in [4.69, 9.17) is 0 Å². The van der Waals surface area contributed by atoms with Gasteiger partial charge in [0.25, 0.3) is 5.91 Å². The summed E-state index contributed by atoms with van der Waals surface area (Å²) in [4.78, 5) is 19.2. The number of aliphatic hydroxyl groups excluding tert-OH is 1. The minimum absolute atomic E-state index is 0.00435. The molecule has 110 valence electrons. The molecular weight excluding hydrogens is 268 g/mol. The Bertz CT molecular complexity index is 692. The van der Waals surface area contributed by atoms with Crippen LogP contribution in [0.3, 0.4) is 0 Å². The van der Waals surface area contributed by atoms with Gasteiger partial charge in [0.05, 0.1) is 12.3 Å². The summed E-state index contributed by atoms with van der Waals surface area (Å²) in [6.07, 6.45) is 9.24. The topological polar surface area (TPSA) is 70.7 Å². The maximum atomic E-state index is 12.9. The van der Waals surface area contributed by atoms with E-state index < -0.39 is 0 Å².